The Morgan fingerprint density at radius 3 is 2.57 bits per heavy atom. The first kappa shape index (κ1) is 19.4. The highest BCUT2D eigenvalue weighted by Crippen LogP contribution is 2.22. The SMILES string of the molecule is CCNS(=O)(=O)c1ccc(OC)c(C(=O)NCCCN(C)C)c1. The van der Waals surface area contributed by atoms with Crippen molar-refractivity contribution in [3.8, 4) is 5.75 Å². The summed E-state index contributed by atoms with van der Waals surface area (Å²) in [5.41, 5.74) is 0.205. The zero-order valence-electron chi connectivity index (χ0n) is 14.0. The average molecular weight is 343 g/mol. The molecule has 23 heavy (non-hydrogen) atoms. The molecule has 1 aromatic rings. The molecule has 130 valence electrons. The summed E-state index contributed by atoms with van der Waals surface area (Å²) in [5, 5.41) is 2.78. The molecule has 8 heteroatoms. The lowest BCUT2D eigenvalue weighted by molar-refractivity contribution is 0.0949. The molecule has 0 heterocycles. The molecule has 1 rings (SSSR count). The predicted octanol–water partition coefficient (Wildman–Crippen LogP) is 0.675. The number of hydrogen-bond acceptors (Lipinski definition) is 5. The van der Waals surface area contributed by atoms with Gasteiger partial charge in [-0.2, -0.15) is 0 Å². The second kappa shape index (κ2) is 8.85. The molecule has 0 aliphatic rings. The normalized spacial score (nSPS) is 11.5. The number of amides is 1. The Kier molecular flexibility index (Phi) is 7.47. The van der Waals surface area contributed by atoms with Crippen LogP contribution in [0, 0.1) is 0 Å². The monoisotopic (exact) mass is 343 g/mol. The second-order valence-electron chi connectivity index (χ2n) is 5.28. The first-order chi connectivity index (χ1) is 10.8. The first-order valence-electron chi connectivity index (χ1n) is 7.42. The Morgan fingerprint density at radius 1 is 1.30 bits per heavy atom. The first-order valence-corrected chi connectivity index (χ1v) is 8.90. The standard InChI is InChI=1S/C15H25N3O4S/c1-5-17-23(20,21)12-7-8-14(22-4)13(11-12)15(19)16-9-6-10-18(2)3/h7-8,11,17H,5-6,9-10H2,1-4H3,(H,16,19). The Balaban J connectivity index is 2.93. The van der Waals surface area contributed by atoms with Crippen LogP contribution in [0.3, 0.4) is 0 Å². The van der Waals surface area contributed by atoms with Crippen LogP contribution in [0.1, 0.15) is 23.7 Å². The number of carbonyl (C=O) groups excluding carboxylic acids is 1. The van der Waals surface area contributed by atoms with Crippen LogP contribution in [0.4, 0.5) is 0 Å². The van der Waals surface area contributed by atoms with Crippen LogP contribution in [-0.4, -0.2) is 60.1 Å². The number of rotatable bonds is 9. The van der Waals surface area contributed by atoms with Gasteiger partial charge >= 0.3 is 0 Å². The maximum atomic E-state index is 12.3. The van der Waals surface area contributed by atoms with Crippen molar-refractivity contribution in [2.75, 3.05) is 40.8 Å². The number of sulfonamides is 1. The van der Waals surface area contributed by atoms with Crippen LogP contribution in [0.2, 0.25) is 0 Å². The maximum absolute atomic E-state index is 12.3. The van der Waals surface area contributed by atoms with E-state index in [1.165, 1.54) is 25.3 Å². The van der Waals surface area contributed by atoms with E-state index >= 15 is 0 Å². The summed E-state index contributed by atoms with van der Waals surface area (Å²) in [6.07, 6.45) is 0.802. The molecule has 0 atom stereocenters. The summed E-state index contributed by atoms with van der Waals surface area (Å²) in [7, 11) is 1.74. The lowest BCUT2D eigenvalue weighted by Crippen LogP contribution is -2.28. The number of benzene rings is 1. The fourth-order valence-corrected chi connectivity index (χ4v) is 3.06. The van der Waals surface area contributed by atoms with Gasteiger partial charge < -0.3 is 15.0 Å². The maximum Gasteiger partial charge on any atom is 0.255 e. The molecule has 1 aromatic carbocycles. The Bertz CT molecular complexity index is 630. The molecular weight excluding hydrogens is 318 g/mol. The molecule has 0 saturated carbocycles. The summed E-state index contributed by atoms with van der Waals surface area (Å²) in [5.74, 6) is -0.0142. The van der Waals surface area contributed by atoms with Crippen LogP contribution in [0.15, 0.2) is 23.1 Å². The molecular formula is C15H25N3O4S. The Labute approximate surface area is 138 Å². The highest BCUT2D eigenvalue weighted by molar-refractivity contribution is 7.89. The van der Waals surface area contributed by atoms with Gasteiger partial charge in [0.2, 0.25) is 10.0 Å². The van der Waals surface area contributed by atoms with E-state index in [4.69, 9.17) is 4.74 Å². The van der Waals surface area contributed by atoms with Crippen molar-refractivity contribution in [1.29, 1.82) is 0 Å². The minimum absolute atomic E-state index is 0.0404. The molecule has 0 unspecified atom stereocenters. The third-order valence-electron chi connectivity index (χ3n) is 3.13. The Morgan fingerprint density at radius 2 is 2.00 bits per heavy atom. The van der Waals surface area contributed by atoms with Crippen molar-refractivity contribution >= 4 is 15.9 Å². The summed E-state index contributed by atoms with van der Waals surface area (Å²) in [6, 6.07) is 4.23. The van der Waals surface area contributed by atoms with Gasteiger partial charge in [0, 0.05) is 13.1 Å². The third-order valence-corrected chi connectivity index (χ3v) is 4.67. The molecule has 0 aliphatic carbocycles. The minimum Gasteiger partial charge on any atom is -0.496 e. The van der Waals surface area contributed by atoms with Gasteiger partial charge in [0.05, 0.1) is 17.6 Å². The van der Waals surface area contributed by atoms with E-state index in [2.05, 4.69) is 10.0 Å². The van der Waals surface area contributed by atoms with Gasteiger partial charge in [-0.3, -0.25) is 4.79 Å². The van der Waals surface area contributed by atoms with Crippen LogP contribution in [-0.2, 0) is 10.0 Å². The van der Waals surface area contributed by atoms with Crippen molar-refractivity contribution in [2.24, 2.45) is 0 Å². The van der Waals surface area contributed by atoms with E-state index in [0.717, 1.165) is 13.0 Å². The molecule has 0 saturated heterocycles. The number of nitrogens with one attached hydrogen (secondary N) is 2. The molecule has 0 bridgehead atoms. The number of hydrogen-bond donors (Lipinski definition) is 2. The van der Waals surface area contributed by atoms with Gasteiger partial charge in [-0.1, -0.05) is 6.92 Å². The number of methoxy groups -OCH3 is 1. The van der Waals surface area contributed by atoms with Crippen LogP contribution >= 0.6 is 0 Å². The lowest BCUT2D eigenvalue weighted by Gasteiger charge is -2.13. The molecule has 0 aliphatic heterocycles. The van der Waals surface area contributed by atoms with Crippen molar-refractivity contribution in [3.05, 3.63) is 23.8 Å². The van der Waals surface area contributed by atoms with Gasteiger partial charge in [-0.15, -0.1) is 0 Å². The van der Waals surface area contributed by atoms with E-state index < -0.39 is 10.0 Å². The molecule has 1 amide bonds. The predicted molar refractivity (Wildman–Crippen MR) is 89.4 cm³/mol. The van der Waals surface area contributed by atoms with E-state index in [1.807, 2.05) is 19.0 Å². The summed E-state index contributed by atoms with van der Waals surface area (Å²) in [4.78, 5) is 14.4. The van der Waals surface area contributed by atoms with Gasteiger partial charge in [0.15, 0.2) is 0 Å². The number of nitrogens with zero attached hydrogens (tertiary/aromatic N) is 1. The zero-order valence-corrected chi connectivity index (χ0v) is 14.9. The van der Waals surface area contributed by atoms with E-state index in [-0.39, 0.29) is 22.9 Å². The highest BCUT2D eigenvalue weighted by atomic mass is 32.2. The van der Waals surface area contributed by atoms with Crippen LogP contribution < -0.4 is 14.8 Å². The molecule has 0 fully saturated rings. The van der Waals surface area contributed by atoms with Crippen molar-refractivity contribution in [3.63, 3.8) is 0 Å². The number of ether oxygens (including phenoxy) is 1. The topological polar surface area (TPSA) is 87.7 Å². The van der Waals surface area contributed by atoms with Gasteiger partial charge in [0.25, 0.3) is 5.91 Å². The number of carbonyl (C=O) groups is 1. The fraction of sp³-hybridized carbons (Fsp3) is 0.533. The summed E-state index contributed by atoms with van der Waals surface area (Å²) in [6.45, 7) is 3.33. The smallest absolute Gasteiger partial charge is 0.255 e. The summed E-state index contributed by atoms with van der Waals surface area (Å²) < 4.78 is 31.7. The van der Waals surface area contributed by atoms with Crippen molar-refractivity contribution in [1.82, 2.24) is 14.9 Å². The van der Waals surface area contributed by atoms with E-state index in [0.29, 0.717) is 12.3 Å². The van der Waals surface area contributed by atoms with Crippen molar-refractivity contribution in [2.45, 2.75) is 18.2 Å². The average Bonchev–Trinajstić information content (AvgIpc) is 2.50. The lowest BCUT2D eigenvalue weighted by atomic mass is 10.2. The van der Waals surface area contributed by atoms with E-state index in [1.54, 1.807) is 6.92 Å². The zero-order chi connectivity index (χ0) is 17.5. The van der Waals surface area contributed by atoms with E-state index in [9.17, 15) is 13.2 Å². The fourth-order valence-electron chi connectivity index (χ4n) is 2.00. The molecule has 7 nitrogen and oxygen atoms in total. The molecule has 0 radical (unpaired) electrons. The molecule has 0 spiro atoms. The van der Waals surface area contributed by atoms with Crippen LogP contribution in [0.25, 0.3) is 0 Å². The largest absolute Gasteiger partial charge is 0.496 e. The van der Waals surface area contributed by atoms with Gasteiger partial charge in [0.1, 0.15) is 5.75 Å². The van der Waals surface area contributed by atoms with Gasteiger partial charge in [-0.05, 0) is 45.3 Å². The Hall–Kier alpha value is -1.64. The second-order valence-corrected chi connectivity index (χ2v) is 7.04. The highest BCUT2D eigenvalue weighted by Gasteiger charge is 2.19. The molecule has 2 N–H and O–H groups in total. The minimum atomic E-state index is -3.62. The third kappa shape index (κ3) is 5.81. The van der Waals surface area contributed by atoms with Crippen LogP contribution in [0.5, 0.6) is 5.75 Å². The van der Waals surface area contributed by atoms with Gasteiger partial charge in [-0.25, -0.2) is 13.1 Å². The molecule has 0 aromatic heterocycles. The quantitative estimate of drug-likeness (QED) is 0.644. The van der Waals surface area contributed by atoms with Crippen molar-refractivity contribution < 1.29 is 17.9 Å². The summed E-state index contributed by atoms with van der Waals surface area (Å²) >= 11 is 0.